The summed E-state index contributed by atoms with van der Waals surface area (Å²) in [4.78, 5) is 2.61. The van der Waals surface area contributed by atoms with E-state index < -0.39 is 0 Å². The molecule has 0 saturated heterocycles. The predicted molar refractivity (Wildman–Crippen MR) is 79.2 cm³/mol. The van der Waals surface area contributed by atoms with Crippen LogP contribution in [0, 0.1) is 0 Å². The SMILES string of the molecule is CCC(CC)=C(CC)N(C(C)(C)C)C(C)(C)C. The molecule has 0 amide bonds. The third-order valence-corrected chi connectivity index (χ3v) is 3.21. The van der Waals surface area contributed by atoms with Gasteiger partial charge in [-0.25, -0.2) is 0 Å². The lowest BCUT2D eigenvalue weighted by atomic mass is 9.91. The summed E-state index contributed by atoms with van der Waals surface area (Å²) < 4.78 is 0. The molecule has 0 spiro atoms. The highest BCUT2D eigenvalue weighted by Gasteiger charge is 2.33. The summed E-state index contributed by atoms with van der Waals surface area (Å²) in [5.74, 6) is 0. The fourth-order valence-electron chi connectivity index (χ4n) is 3.04. The Balaban J connectivity index is 5.67. The van der Waals surface area contributed by atoms with Gasteiger partial charge < -0.3 is 4.90 Å². The monoisotopic (exact) mass is 239 g/mol. The highest BCUT2D eigenvalue weighted by molar-refractivity contribution is 5.17. The van der Waals surface area contributed by atoms with Gasteiger partial charge in [-0.3, -0.25) is 0 Å². The van der Waals surface area contributed by atoms with Gasteiger partial charge in [-0.2, -0.15) is 0 Å². The molecule has 0 N–H and O–H groups in total. The molecule has 0 aliphatic heterocycles. The van der Waals surface area contributed by atoms with E-state index in [9.17, 15) is 0 Å². The standard InChI is InChI=1S/C16H33N/c1-10-13(11-2)14(12-3)17(15(4,5)6)16(7,8)9/h10-12H2,1-9H3. The van der Waals surface area contributed by atoms with Crippen LogP contribution >= 0.6 is 0 Å². The lowest BCUT2D eigenvalue weighted by Crippen LogP contribution is -2.52. The predicted octanol–water partition coefficient (Wildman–Crippen LogP) is 5.37. The van der Waals surface area contributed by atoms with Crippen molar-refractivity contribution in [3.63, 3.8) is 0 Å². The second-order valence-electron chi connectivity index (χ2n) is 6.79. The van der Waals surface area contributed by atoms with E-state index in [-0.39, 0.29) is 11.1 Å². The number of hydrogen-bond acceptors (Lipinski definition) is 1. The van der Waals surface area contributed by atoms with Crippen molar-refractivity contribution < 1.29 is 0 Å². The first-order valence-corrected chi connectivity index (χ1v) is 7.10. The van der Waals surface area contributed by atoms with Gasteiger partial charge in [0, 0.05) is 16.8 Å². The highest BCUT2D eigenvalue weighted by Crippen LogP contribution is 2.34. The summed E-state index contributed by atoms with van der Waals surface area (Å²) in [5, 5.41) is 0. The molecule has 0 aromatic carbocycles. The molecule has 0 heterocycles. The highest BCUT2D eigenvalue weighted by atomic mass is 15.2. The molecule has 17 heavy (non-hydrogen) atoms. The van der Waals surface area contributed by atoms with E-state index in [4.69, 9.17) is 0 Å². The van der Waals surface area contributed by atoms with Crippen molar-refractivity contribution in [3.05, 3.63) is 11.3 Å². The van der Waals surface area contributed by atoms with Gasteiger partial charge >= 0.3 is 0 Å². The molecular weight excluding hydrogens is 206 g/mol. The first kappa shape index (κ1) is 16.5. The zero-order valence-electron chi connectivity index (χ0n) is 13.6. The van der Waals surface area contributed by atoms with Gasteiger partial charge in [0.1, 0.15) is 0 Å². The van der Waals surface area contributed by atoms with Crippen LogP contribution in [0.25, 0.3) is 0 Å². The van der Waals surface area contributed by atoms with Crippen LogP contribution in [0.4, 0.5) is 0 Å². The molecule has 0 bridgehead atoms. The van der Waals surface area contributed by atoms with E-state index in [1.165, 1.54) is 12.8 Å². The number of nitrogens with zero attached hydrogens (tertiary/aromatic N) is 1. The summed E-state index contributed by atoms with van der Waals surface area (Å²) in [6.07, 6.45) is 3.47. The van der Waals surface area contributed by atoms with Gasteiger partial charge in [0.15, 0.2) is 0 Å². The number of allylic oxidation sites excluding steroid dienone is 2. The minimum Gasteiger partial charge on any atom is -0.365 e. The van der Waals surface area contributed by atoms with Crippen LogP contribution in [0.1, 0.15) is 81.6 Å². The van der Waals surface area contributed by atoms with Gasteiger partial charge in [-0.15, -0.1) is 0 Å². The minimum absolute atomic E-state index is 0.180. The molecule has 0 aliphatic carbocycles. The van der Waals surface area contributed by atoms with Crippen molar-refractivity contribution in [3.8, 4) is 0 Å². The maximum Gasteiger partial charge on any atom is 0.0320 e. The fraction of sp³-hybridized carbons (Fsp3) is 0.875. The Labute approximate surface area is 109 Å². The largest absolute Gasteiger partial charge is 0.365 e. The Morgan fingerprint density at radius 1 is 0.706 bits per heavy atom. The first-order valence-electron chi connectivity index (χ1n) is 7.10. The van der Waals surface area contributed by atoms with Crippen molar-refractivity contribution in [1.29, 1.82) is 0 Å². The normalized spacial score (nSPS) is 12.5. The van der Waals surface area contributed by atoms with Crippen LogP contribution in [0.15, 0.2) is 11.3 Å². The van der Waals surface area contributed by atoms with E-state index >= 15 is 0 Å². The molecule has 0 aliphatic rings. The first-order chi connectivity index (χ1) is 7.59. The molecule has 0 aromatic rings. The lowest BCUT2D eigenvalue weighted by molar-refractivity contribution is 0.0733. The maximum absolute atomic E-state index is 2.61. The second kappa shape index (κ2) is 5.93. The molecule has 0 unspecified atom stereocenters. The summed E-state index contributed by atoms with van der Waals surface area (Å²) in [5.41, 5.74) is 3.52. The van der Waals surface area contributed by atoms with E-state index in [1.807, 2.05) is 0 Å². The van der Waals surface area contributed by atoms with Crippen molar-refractivity contribution in [2.75, 3.05) is 0 Å². The number of hydrogen-bond donors (Lipinski definition) is 0. The summed E-state index contributed by atoms with van der Waals surface area (Å²) in [7, 11) is 0. The third-order valence-electron chi connectivity index (χ3n) is 3.21. The Hall–Kier alpha value is -0.460. The topological polar surface area (TPSA) is 3.24 Å². The second-order valence-corrected chi connectivity index (χ2v) is 6.79. The molecule has 0 aromatic heterocycles. The van der Waals surface area contributed by atoms with Crippen LogP contribution < -0.4 is 0 Å². The van der Waals surface area contributed by atoms with Gasteiger partial charge in [0.25, 0.3) is 0 Å². The van der Waals surface area contributed by atoms with Crippen LogP contribution in [0.2, 0.25) is 0 Å². The van der Waals surface area contributed by atoms with Crippen LogP contribution in [0.5, 0.6) is 0 Å². The average Bonchev–Trinajstić information content (AvgIpc) is 2.13. The summed E-state index contributed by atoms with van der Waals surface area (Å²) in [6, 6.07) is 0. The van der Waals surface area contributed by atoms with Crippen LogP contribution in [0.3, 0.4) is 0 Å². The van der Waals surface area contributed by atoms with Gasteiger partial charge in [-0.1, -0.05) is 26.3 Å². The average molecular weight is 239 g/mol. The van der Waals surface area contributed by atoms with Crippen molar-refractivity contribution in [2.45, 2.75) is 92.7 Å². The van der Waals surface area contributed by atoms with Crippen molar-refractivity contribution >= 4 is 0 Å². The Kier molecular flexibility index (Phi) is 5.77. The molecule has 1 heteroatoms. The van der Waals surface area contributed by atoms with E-state index in [0.717, 1.165) is 6.42 Å². The molecule has 0 rings (SSSR count). The van der Waals surface area contributed by atoms with Crippen molar-refractivity contribution in [1.82, 2.24) is 4.90 Å². The Bertz CT molecular complexity index is 240. The van der Waals surface area contributed by atoms with E-state index in [0.29, 0.717) is 0 Å². The van der Waals surface area contributed by atoms with E-state index in [2.05, 4.69) is 67.2 Å². The molecule has 1 nitrogen and oxygen atoms in total. The van der Waals surface area contributed by atoms with Crippen molar-refractivity contribution in [2.24, 2.45) is 0 Å². The molecule has 102 valence electrons. The van der Waals surface area contributed by atoms with Crippen LogP contribution in [-0.4, -0.2) is 16.0 Å². The maximum atomic E-state index is 2.61. The summed E-state index contributed by atoms with van der Waals surface area (Å²) in [6.45, 7) is 20.7. The molecule has 0 saturated carbocycles. The fourth-order valence-corrected chi connectivity index (χ4v) is 3.04. The zero-order valence-corrected chi connectivity index (χ0v) is 13.6. The minimum atomic E-state index is 0.180. The molecule has 0 atom stereocenters. The smallest absolute Gasteiger partial charge is 0.0320 e. The molecular formula is C16H33N. The quantitative estimate of drug-likeness (QED) is 0.637. The van der Waals surface area contributed by atoms with Gasteiger partial charge in [0.2, 0.25) is 0 Å². The van der Waals surface area contributed by atoms with Gasteiger partial charge in [-0.05, 0) is 60.8 Å². The molecule has 0 fully saturated rings. The Morgan fingerprint density at radius 3 is 1.24 bits per heavy atom. The summed E-state index contributed by atoms with van der Waals surface area (Å²) >= 11 is 0. The Morgan fingerprint density at radius 2 is 1.06 bits per heavy atom. The molecule has 0 radical (unpaired) electrons. The number of rotatable bonds is 4. The van der Waals surface area contributed by atoms with E-state index in [1.54, 1.807) is 11.3 Å². The van der Waals surface area contributed by atoms with Crippen LogP contribution in [-0.2, 0) is 0 Å². The zero-order chi connectivity index (χ0) is 13.9. The van der Waals surface area contributed by atoms with Gasteiger partial charge in [0.05, 0.1) is 0 Å². The third kappa shape index (κ3) is 4.37. The lowest BCUT2D eigenvalue weighted by Gasteiger charge is -2.49.